The summed E-state index contributed by atoms with van der Waals surface area (Å²) in [7, 11) is 0. The summed E-state index contributed by atoms with van der Waals surface area (Å²) in [4.78, 5) is 25.7. The van der Waals surface area contributed by atoms with Crippen LogP contribution >= 0.6 is 23.2 Å². The third-order valence-electron chi connectivity index (χ3n) is 2.87. The minimum Gasteiger partial charge on any atom is -0.872 e. The lowest BCUT2D eigenvalue weighted by molar-refractivity contribution is -0.385. The number of benzene rings is 2. The Balaban J connectivity index is 2.03. The molecular formula is C15H10Cl2N3O4-. The molecule has 2 rings (SSSR count). The molecule has 2 aromatic rings. The summed E-state index contributed by atoms with van der Waals surface area (Å²) in [6.07, 6.45) is 1.12. The van der Waals surface area contributed by atoms with Gasteiger partial charge in [0.2, 0.25) is 5.91 Å². The van der Waals surface area contributed by atoms with Crippen molar-refractivity contribution in [2.24, 2.45) is 4.99 Å². The van der Waals surface area contributed by atoms with Gasteiger partial charge in [0.15, 0.2) is 0 Å². The number of hydrogen-bond acceptors (Lipinski definition) is 5. The van der Waals surface area contributed by atoms with Crippen molar-refractivity contribution in [2.45, 2.75) is 0 Å². The Hall–Kier alpha value is -2.64. The van der Waals surface area contributed by atoms with Gasteiger partial charge < -0.3 is 10.4 Å². The van der Waals surface area contributed by atoms with Gasteiger partial charge in [-0.2, -0.15) is 0 Å². The van der Waals surface area contributed by atoms with Crippen molar-refractivity contribution in [1.82, 2.24) is 0 Å². The lowest BCUT2D eigenvalue weighted by Gasteiger charge is -2.09. The van der Waals surface area contributed by atoms with Gasteiger partial charge in [0, 0.05) is 23.4 Å². The van der Waals surface area contributed by atoms with Crippen LogP contribution in [0.5, 0.6) is 5.75 Å². The SMILES string of the molecule is O=C(CN=Cc1cc([N+](=O)[O-])ccc1[O-])Nc1cc(Cl)ccc1Cl. The zero-order valence-electron chi connectivity index (χ0n) is 12.0. The molecule has 0 heterocycles. The first-order chi connectivity index (χ1) is 11.4. The fourth-order valence-electron chi connectivity index (χ4n) is 1.76. The van der Waals surface area contributed by atoms with Crippen molar-refractivity contribution < 1.29 is 14.8 Å². The normalized spacial score (nSPS) is 10.8. The van der Waals surface area contributed by atoms with E-state index < -0.39 is 16.6 Å². The van der Waals surface area contributed by atoms with Crippen LogP contribution in [0.3, 0.4) is 0 Å². The van der Waals surface area contributed by atoms with Gasteiger partial charge in [0.25, 0.3) is 5.69 Å². The lowest BCUT2D eigenvalue weighted by Crippen LogP contribution is -2.15. The van der Waals surface area contributed by atoms with E-state index in [1.807, 2.05) is 0 Å². The molecule has 0 radical (unpaired) electrons. The van der Waals surface area contributed by atoms with E-state index in [9.17, 15) is 20.0 Å². The Bertz CT molecular complexity index is 824. The van der Waals surface area contributed by atoms with Crippen LogP contribution in [-0.2, 0) is 4.79 Å². The highest BCUT2D eigenvalue weighted by Crippen LogP contribution is 2.25. The predicted molar refractivity (Wildman–Crippen MR) is 90.1 cm³/mol. The Kier molecular flexibility index (Phi) is 5.73. The fourth-order valence-corrected chi connectivity index (χ4v) is 2.10. The molecule has 1 N–H and O–H groups in total. The summed E-state index contributed by atoms with van der Waals surface area (Å²) >= 11 is 11.7. The minimum atomic E-state index is -0.620. The second-order valence-corrected chi connectivity index (χ2v) is 5.47. The van der Waals surface area contributed by atoms with E-state index in [-0.39, 0.29) is 17.8 Å². The van der Waals surface area contributed by atoms with Crippen LogP contribution in [0.15, 0.2) is 41.4 Å². The Morgan fingerprint density at radius 1 is 1.25 bits per heavy atom. The van der Waals surface area contributed by atoms with Crippen LogP contribution in [0.25, 0.3) is 0 Å². The summed E-state index contributed by atoms with van der Waals surface area (Å²) < 4.78 is 0. The molecule has 0 aliphatic rings. The molecule has 2 aromatic carbocycles. The molecule has 9 heteroatoms. The average Bonchev–Trinajstić information content (AvgIpc) is 2.52. The highest BCUT2D eigenvalue weighted by Gasteiger charge is 2.07. The number of anilines is 1. The number of non-ortho nitro benzene ring substituents is 1. The van der Waals surface area contributed by atoms with E-state index in [0.717, 1.165) is 24.4 Å². The van der Waals surface area contributed by atoms with Gasteiger partial charge in [0.1, 0.15) is 6.54 Å². The monoisotopic (exact) mass is 366 g/mol. The highest BCUT2D eigenvalue weighted by molar-refractivity contribution is 6.35. The molecule has 0 bridgehead atoms. The third kappa shape index (κ3) is 4.68. The minimum absolute atomic E-state index is 0.0257. The maximum atomic E-state index is 11.8. The second kappa shape index (κ2) is 7.76. The molecule has 0 saturated carbocycles. The molecule has 0 unspecified atom stereocenters. The van der Waals surface area contributed by atoms with Gasteiger partial charge in [-0.15, -0.1) is 0 Å². The number of hydrogen-bond donors (Lipinski definition) is 1. The molecule has 7 nitrogen and oxygen atoms in total. The third-order valence-corrected chi connectivity index (χ3v) is 3.44. The van der Waals surface area contributed by atoms with E-state index in [2.05, 4.69) is 10.3 Å². The zero-order valence-corrected chi connectivity index (χ0v) is 13.5. The van der Waals surface area contributed by atoms with Gasteiger partial charge >= 0.3 is 0 Å². The standard InChI is InChI=1S/C15H11Cl2N3O4/c16-10-1-3-12(17)13(6-10)19-15(22)8-18-7-9-5-11(20(23)24)2-4-14(9)21/h1-7,21H,8H2,(H,19,22)/p-1. The first kappa shape index (κ1) is 17.7. The quantitative estimate of drug-likeness (QED) is 0.498. The van der Waals surface area contributed by atoms with Crippen molar-refractivity contribution in [2.75, 3.05) is 11.9 Å². The number of nitrogens with zero attached hydrogens (tertiary/aromatic N) is 2. The van der Waals surface area contributed by atoms with Crippen LogP contribution in [0.1, 0.15) is 5.56 Å². The summed E-state index contributed by atoms with van der Waals surface area (Å²) in [5.41, 5.74) is 0.133. The second-order valence-electron chi connectivity index (χ2n) is 4.62. The smallest absolute Gasteiger partial charge is 0.270 e. The van der Waals surface area contributed by atoms with Crippen LogP contribution in [0, 0.1) is 10.1 Å². The predicted octanol–water partition coefficient (Wildman–Crippen LogP) is 3.03. The van der Waals surface area contributed by atoms with E-state index in [1.54, 1.807) is 6.07 Å². The molecule has 124 valence electrons. The molecule has 1 amide bonds. The number of nitrogens with one attached hydrogen (secondary N) is 1. The maximum Gasteiger partial charge on any atom is 0.270 e. The fraction of sp³-hybridized carbons (Fsp3) is 0.0667. The largest absolute Gasteiger partial charge is 0.872 e. The van der Waals surface area contributed by atoms with Gasteiger partial charge in [0.05, 0.1) is 15.6 Å². The molecule has 0 aliphatic carbocycles. The number of halogens is 2. The maximum absolute atomic E-state index is 11.8. The van der Waals surface area contributed by atoms with Gasteiger partial charge in [-0.25, -0.2) is 0 Å². The van der Waals surface area contributed by atoms with E-state index in [0.29, 0.717) is 15.7 Å². The highest BCUT2D eigenvalue weighted by atomic mass is 35.5. The molecule has 0 spiro atoms. The first-order valence-electron chi connectivity index (χ1n) is 6.57. The van der Waals surface area contributed by atoms with E-state index in [1.165, 1.54) is 12.1 Å². The first-order valence-corrected chi connectivity index (χ1v) is 7.32. The number of aliphatic imine (C=N–C) groups is 1. The molecular weight excluding hydrogens is 357 g/mol. The number of nitro groups is 1. The molecule has 0 atom stereocenters. The number of carbonyl (C=O) groups is 1. The van der Waals surface area contributed by atoms with Crippen LogP contribution in [0.4, 0.5) is 11.4 Å². The Morgan fingerprint density at radius 3 is 2.71 bits per heavy atom. The van der Waals surface area contributed by atoms with Crippen LogP contribution in [0.2, 0.25) is 10.0 Å². The lowest BCUT2D eigenvalue weighted by atomic mass is 10.2. The van der Waals surface area contributed by atoms with Crippen molar-refractivity contribution >= 4 is 46.7 Å². The Morgan fingerprint density at radius 2 is 2.00 bits per heavy atom. The van der Waals surface area contributed by atoms with Crippen molar-refractivity contribution in [3.63, 3.8) is 0 Å². The van der Waals surface area contributed by atoms with E-state index >= 15 is 0 Å². The molecule has 0 saturated heterocycles. The summed E-state index contributed by atoms with van der Waals surface area (Å²) in [6, 6.07) is 7.88. The zero-order chi connectivity index (χ0) is 17.7. The number of rotatable bonds is 5. The van der Waals surface area contributed by atoms with Crippen molar-refractivity contribution in [3.05, 3.63) is 62.1 Å². The summed E-state index contributed by atoms with van der Waals surface area (Å²) in [6.45, 7) is -0.287. The summed E-state index contributed by atoms with van der Waals surface area (Å²) in [5.74, 6) is -0.907. The molecule has 0 fully saturated rings. The Labute approximate surface area is 146 Å². The number of nitro benzene ring substituents is 1. The topological polar surface area (TPSA) is 108 Å². The van der Waals surface area contributed by atoms with Crippen LogP contribution < -0.4 is 10.4 Å². The number of carbonyl (C=O) groups excluding carboxylic acids is 1. The van der Waals surface area contributed by atoms with Gasteiger partial charge in [-0.1, -0.05) is 35.0 Å². The van der Waals surface area contributed by atoms with Crippen molar-refractivity contribution in [3.8, 4) is 5.75 Å². The average molecular weight is 367 g/mol. The molecule has 0 aliphatic heterocycles. The molecule has 0 aromatic heterocycles. The van der Waals surface area contributed by atoms with Crippen molar-refractivity contribution in [1.29, 1.82) is 0 Å². The van der Waals surface area contributed by atoms with Gasteiger partial charge in [-0.05, 0) is 23.8 Å². The van der Waals surface area contributed by atoms with Crippen LogP contribution in [-0.4, -0.2) is 23.6 Å². The summed E-state index contributed by atoms with van der Waals surface area (Å²) in [5, 5.41) is 25.5. The van der Waals surface area contributed by atoms with E-state index in [4.69, 9.17) is 23.2 Å². The number of amides is 1. The molecule has 24 heavy (non-hydrogen) atoms. The van der Waals surface area contributed by atoms with Gasteiger partial charge in [-0.3, -0.25) is 19.9 Å².